The van der Waals surface area contributed by atoms with E-state index in [1.807, 2.05) is 19.1 Å². The minimum absolute atomic E-state index is 0.337. The summed E-state index contributed by atoms with van der Waals surface area (Å²) < 4.78 is 5.56. The molecule has 2 aromatic carbocycles. The van der Waals surface area contributed by atoms with Crippen molar-refractivity contribution in [3.05, 3.63) is 63.1 Å². The molecule has 0 aliphatic heterocycles. The van der Waals surface area contributed by atoms with Crippen LogP contribution in [0.4, 0.5) is 0 Å². The lowest BCUT2D eigenvalue weighted by molar-refractivity contribution is -0.127. The van der Waals surface area contributed by atoms with Gasteiger partial charge >= 0.3 is 0 Å². The second-order valence-electron chi connectivity index (χ2n) is 5.23. The molecule has 2 aromatic rings. The summed E-state index contributed by atoms with van der Waals surface area (Å²) in [7, 11) is 0. The van der Waals surface area contributed by atoms with Crippen molar-refractivity contribution in [3.8, 4) is 5.75 Å². The fraction of sp³-hybridized carbons (Fsp3) is 0.222. The van der Waals surface area contributed by atoms with Gasteiger partial charge in [0, 0.05) is 10.0 Å². The van der Waals surface area contributed by atoms with Crippen LogP contribution in [0.5, 0.6) is 5.75 Å². The van der Waals surface area contributed by atoms with Gasteiger partial charge < -0.3 is 4.74 Å². The molecule has 1 atom stereocenters. The van der Waals surface area contributed by atoms with Gasteiger partial charge in [0.1, 0.15) is 5.75 Å². The molecular weight excluding hydrogens is 383 g/mol. The first-order chi connectivity index (χ1) is 11.9. The second kappa shape index (κ2) is 9.09. The summed E-state index contributed by atoms with van der Waals surface area (Å²) in [6.45, 7) is 3.56. The van der Waals surface area contributed by atoms with Gasteiger partial charge in [0.05, 0.1) is 10.7 Å². The van der Waals surface area contributed by atoms with Crippen molar-refractivity contribution in [2.45, 2.75) is 26.4 Å². The third-order valence-electron chi connectivity index (χ3n) is 3.36. The van der Waals surface area contributed by atoms with Crippen LogP contribution in [0.3, 0.4) is 0 Å². The molecule has 0 aromatic heterocycles. The number of benzene rings is 2. The van der Waals surface area contributed by atoms with Crippen LogP contribution in [0, 0.1) is 0 Å². The molecule has 132 valence electrons. The van der Waals surface area contributed by atoms with Gasteiger partial charge in [-0.2, -0.15) is 5.10 Å². The smallest absolute Gasteiger partial charge is 0.280 e. The lowest BCUT2D eigenvalue weighted by Gasteiger charge is -2.14. The van der Waals surface area contributed by atoms with Gasteiger partial charge in [0.25, 0.3) is 5.91 Å². The van der Waals surface area contributed by atoms with Crippen LogP contribution in [0.15, 0.2) is 47.6 Å². The first kappa shape index (κ1) is 19.6. The molecule has 1 amide bonds. The maximum atomic E-state index is 12.2. The van der Waals surface area contributed by atoms with E-state index in [9.17, 15) is 4.79 Å². The van der Waals surface area contributed by atoms with Crippen molar-refractivity contribution in [2.75, 3.05) is 0 Å². The molecule has 4 nitrogen and oxygen atoms in total. The molecule has 1 N–H and O–H groups in total. The molecule has 0 radical (unpaired) electrons. The zero-order valence-corrected chi connectivity index (χ0v) is 16.0. The third-order valence-corrected chi connectivity index (χ3v) is 4.13. The van der Waals surface area contributed by atoms with E-state index >= 15 is 0 Å². The van der Waals surface area contributed by atoms with E-state index < -0.39 is 6.10 Å². The van der Waals surface area contributed by atoms with Crippen LogP contribution in [-0.2, 0) is 4.79 Å². The summed E-state index contributed by atoms with van der Waals surface area (Å²) in [5, 5.41) is 5.62. The van der Waals surface area contributed by atoms with Crippen LogP contribution >= 0.6 is 34.8 Å². The maximum Gasteiger partial charge on any atom is 0.280 e. The first-order valence-corrected chi connectivity index (χ1v) is 8.78. The van der Waals surface area contributed by atoms with Crippen molar-refractivity contribution in [1.29, 1.82) is 0 Å². The number of nitrogens with zero attached hydrogens (tertiary/aromatic N) is 1. The number of hydrogen-bond donors (Lipinski definition) is 1. The summed E-state index contributed by atoms with van der Waals surface area (Å²) in [4.78, 5) is 12.2. The van der Waals surface area contributed by atoms with Crippen LogP contribution in [0.25, 0.3) is 0 Å². The Kier molecular flexibility index (Phi) is 7.12. The fourth-order valence-corrected chi connectivity index (χ4v) is 2.69. The Labute approximate surface area is 161 Å². The molecule has 25 heavy (non-hydrogen) atoms. The van der Waals surface area contributed by atoms with E-state index in [-0.39, 0.29) is 5.91 Å². The molecule has 0 saturated carbocycles. The predicted octanol–water partition coefficient (Wildman–Crippen LogP) is 5.34. The fourth-order valence-electron chi connectivity index (χ4n) is 2.04. The van der Waals surface area contributed by atoms with Crippen molar-refractivity contribution in [2.24, 2.45) is 5.10 Å². The molecule has 0 spiro atoms. The SMILES string of the molecule is CCC(=NNC(=O)C(C)Oc1ccc(Cl)cc1Cl)c1cccc(Cl)c1. The number of carbonyl (C=O) groups excluding carboxylic acids is 1. The van der Waals surface area contributed by atoms with Crippen molar-refractivity contribution in [1.82, 2.24) is 5.43 Å². The van der Waals surface area contributed by atoms with Gasteiger partial charge in [-0.1, -0.05) is 53.9 Å². The van der Waals surface area contributed by atoms with E-state index in [4.69, 9.17) is 39.5 Å². The Morgan fingerprint density at radius 1 is 1.16 bits per heavy atom. The van der Waals surface area contributed by atoms with Crippen LogP contribution in [-0.4, -0.2) is 17.7 Å². The van der Waals surface area contributed by atoms with Gasteiger partial charge in [0.15, 0.2) is 6.10 Å². The van der Waals surface area contributed by atoms with Gasteiger partial charge in [-0.25, -0.2) is 5.43 Å². The van der Waals surface area contributed by atoms with Crippen LogP contribution < -0.4 is 10.2 Å². The molecule has 2 rings (SSSR count). The number of hydrazone groups is 1. The monoisotopic (exact) mass is 398 g/mol. The minimum Gasteiger partial charge on any atom is -0.479 e. The Balaban J connectivity index is 2.04. The number of ether oxygens (including phenoxy) is 1. The van der Waals surface area contributed by atoms with Crippen molar-refractivity contribution in [3.63, 3.8) is 0 Å². The average molecular weight is 400 g/mol. The normalized spacial score (nSPS) is 12.6. The number of hydrogen-bond acceptors (Lipinski definition) is 3. The van der Waals surface area contributed by atoms with E-state index in [1.54, 1.807) is 37.3 Å². The highest BCUT2D eigenvalue weighted by atomic mass is 35.5. The molecule has 0 fully saturated rings. The Bertz CT molecular complexity index is 794. The predicted molar refractivity (Wildman–Crippen MR) is 103 cm³/mol. The van der Waals surface area contributed by atoms with E-state index in [1.165, 1.54) is 0 Å². The van der Waals surface area contributed by atoms with Crippen LogP contribution in [0.2, 0.25) is 15.1 Å². The molecule has 0 saturated heterocycles. The van der Waals surface area contributed by atoms with Crippen molar-refractivity contribution >= 4 is 46.4 Å². The maximum absolute atomic E-state index is 12.2. The summed E-state index contributed by atoms with van der Waals surface area (Å²) in [5.41, 5.74) is 4.08. The molecule has 1 unspecified atom stereocenters. The number of halogens is 3. The van der Waals surface area contributed by atoms with Gasteiger partial charge in [0.2, 0.25) is 0 Å². The highest BCUT2D eigenvalue weighted by Crippen LogP contribution is 2.28. The summed E-state index contributed by atoms with van der Waals surface area (Å²) in [6, 6.07) is 12.1. The lowest BCUT2D eigenvalue weighted by Crippen LogP contribution is -2.34. The second-order valence-corrected chi connectivity index (χ2v) is 6.51. The summed E-state index contributed by atoms with van der Waals surface area (Å²) in [6.07, 6.45) is -0.140. The lowest BCUT2D eigenvalue weighted by atomic mass is 10.1. The molecule has 7 heteroatoms. The van der Waals surface area contributed by atoms with Crippen LogP contribution in [0.1, 0.15) is 25.8 Å². The Morgan fingerprint density at radius 3 is 2.52 bits per heavy atom. The zero-order chi connectivity index (χ0) is 18.4. The number of rotatable bonds is 6. The largest absolute Gasteiger partial charge is 0.479 e. The summed E-state index contributed by atoms with van der Waals surface area (Å²) in [5.74, 6) is -0.0118. The van der Waals surface area contributed by atoms with Gasteiger partial charge in [-0.05, 0) is 49.2 Å². The van der Waals surface area contributed by atoms with Crippen molar-refractivity contribution < 1.29 is 9.53 Å². The highest BCUT2D eigenvalue weighted by molar-refractivity contribution is 6.35. The highest BCUT2D eigenvalue weighted by Gasteiger charge is 2.16. The van der Waals surface area contributed by atoms with Gasteiger partial charge in [-0.15, -0.1) is 0 Å². The minimum atomic E-state index is -0.778. The summed E-state index contributed by atoms with van der Waals surface area (Å²) >= 11 is 17.9. The topological polar surface area (TPSA) is 50.7 Å². The number of amides is 1. The third kappa shape index (κ3) is 5.63. The average Bonchev–Trinajstić information content (AvgIpc) is 2.57. The van der Waals surface area contributed by atoms with E-state index in [0.29, 0.717) is 32.9 Å². The van der Waals surface area contributed by atoms with E-state index in [0.717, 1.165) is 5.56 Å². The molecule has 0 heterocycles. The quantitative estimate of drug-likeness (QED) is 0.526. The first-order valence-electron chi connectivity index (χ1n) is 7.64. The zero-order valence-electron chi connectivity index (χ0n) is 13.7. The Morgan fingerprint density at radius 2 is 1.88 bits per heavy atom. The molecular formula is C18H17Cl3N2O2. The molecule has 0 aliphatic rings. The van der Waals surface area contributed by atoms with E-state index in [2.05, 4.69) is 10.5 Å². The number of carbonyl (C=O) groups is 1. The molecule has 0 bridgehead atoms. The molecule has 0 aliphatic carbocycles. The standard InChI is InChI=1S/C18H17Cl3N2O2/c1-3-16(12-5-4-6-13(19)9-12)22-23-18(24)11(2)25-17-8-7-14(20)10-15(17)21/h4-11H,3H2,1-2H3,(H,23,24). The van der Waals surface area contributed by atoms with Gasteiger partial charge in [-0.3, -0.25) is 4.79 Å². The Hall–Kier alpha value is -1.75. The number of nitrogens with one attached hydrogen (secondary N) is 1.